The Bertz CT molecular complexity index is 468. The Labute approximate surface area is 120 Å². The van der Waals surface area contributed by atoms with Crippen molar-refractivity contribution in [3.8, 4) is 0 Å². The van der Waals surface area contributed by atoms with Crippen molar-refractivity contribution in [3.05, 3.63) is 29.3 Å². The van der Waals surface area contributed by atoms with Crippen molar-refractivity contribution < 1.29 is 9.90 Å². The highest BCUT2D eigenvalue weighted by Crippen LogP contribution is 2.26. The molecule has 1 aliphatic carbocycles. The summed E-state index contributed by atoms with van der Waals surface area (Å²) in [5.74, 6) is -0.933. The Morgan fingerprint density at radius 3 is 2.65 bits per heavy atom. The molecule has 0 aliphatic heterocycles. The fraction of sp³-hybridized carbons (Fsp3) is 0.562. The second kappa shape index (κ2) is 6.75. The van der Waals surface area contributed by atoms with Gasteiger partial charge in [-0.15, -0.1) is 0 Å². The van der Waals surface area contributed by atoms with E-state index >= 15 is 0 Å². The van der Waals surface area contributed by atoms with Gasteiger partial charge in [-0.3, -0.25) is 4.90 Å². The first-order valence-corrected chi connectivity index (χ1v) is 7.48. The van der Waals surface area contributed by atoms with Crippen molar-refractivity contribution in [1.82, 2.24) is 4.90 Å². The van der Waals surface area contributed by atoms with Crippen LogP contribution in [0.25, 0.3) is 0 Å². The van der Waals surface area contributed by atoms with E-state index in [1.54, 1.807) is 6.07 Å². The van der Waals surface area contributed by atoms with E-state index in [9.17, 15) is 9.90 Å². The fourth-order valence-electron chi connectivity index (χ4n) is 3.18. The maximum Gasteiger partial charge on any atom is 0.338 e. The average molecular weight is 276 g/mol. The molecule has 0 aromatic heterocycles. The van der Waals surface area contributed by atoms with Gasteiger partial charge >= 0.3 is 5.97 Å². The van der Waals surface area contributed by atoms with Gasteiger partial charge in [0, 0.05) is 18.3 Å². The Balaban J connectivity index is 2.18. The molecule has 1 saturated carbocycles. The molecule has 0 heterocycles. The zero-order chi connectivity index (χ0) is 14.5. The first kappa shape index (κ1) is 14.9. The minimum Gasteiger partial charge on any atom is -0.478 e. The van der Waals surface area contributed by atoms with Crippen LogP contribution in [0.1, 0.15) is 54.9 Å². The van der Waals surface area contributed by atoms with Crippen LogP contribution in [0.5, 0.6) is 0 Å². The van der Waals surface area contributed by atoms with Crippen molar-refractivity contribution in [2.75, 3.05) is 12.3 Å². The predicted octanol–water partition coefficient (Wildman–Crippen LogP) is 3.12. The summed E-state index contributed by atoms with van der Waals surface area (Å²) in [6.07, 6.45) is 6.33. The molecule has 4 nitrogen and oxygen atoms in total. The third kappa shape index (κ3) is 3.31. The summed E-state index contributed by atoms with van der Waals surface area (Å²) in [6.45, 7) is 3.76. The third-order valence-corrected chi connectivity index (χ3v) is 4.27. The Hall–Kier alpha value is -1.55. The predicted molar refractivity (Wildman–Crippen MR) is 80.8 cm³/mol. The van der Waals surface area contributed by atoms with Crippen molar-refractivity contribution in [1.29, 1.82) is 0 Å². The number of nitrogen functional groups attached to an aromatic ring is 1. The van der Waals surface area contributed by atoms with Crippen molar-refractivity contribution in [3.63, 3.8) is 0 Å². The number of nitrogens with two attached hydrogens (primary N) is 1. The van der Waals surface area contributed by atoms with Gasteiger partial charge in [-0.2, -0.15) is 0 Å². The van der Waals surface area contributed by atoms with Gasteiger partial charge in [0.25, 0.3) is 0 Å². The molecule has 0 saturated heterocycles. The second-order valence-corrected chi connectivity index (χ2v) is 5.54. The van der Waals surface area contributed by atoms with Crippen LogP contribution in [-0.4, -0.2) is 28.6 Å². The molecule has 20 heavy (non-hydrogen) atoms. The number of nitrogens with zero attached hydrogens (tertiary/aromatic N) is 1. The van der Waals surface area contributed by atoms with Gasteiger partial charge < -0.3 is 10.8 Å². The lowest BCUT2D eigenvalue weighted by molar-refractivity contribution is 0.0694. The van der Waals surface area contributed by atoms with Crippen LogP contribution in [0.4, 0.5) is 5.69 Å². The van der Waals surface area contributed by atoms with Gasteiger partial charge in [0.05, 0.1) is 5.56 Å². The molecule has 0 spiro atoms. The van der Waals surface area contributed by atoms with E-state index in [0.29, 0.717) is 18.3 Å². The highest BCUT2D eigenvalue weighted by atomic mass is 16.4. The summed E-state index contributed by atoms with van der Waals surface area (Å²) in [7, 11) is 0. The van der Waals surface area contributed by atoms with E-state index in [1.807, 2.05) is 12.1 Å². The summed E-state index contributed by atoms with van der Waals surface area (Å²) in [5.41, 5.74) is 7.26. The summed E-state index contributed by atoms with van der Waals surface area (Å²) in [6, 6.07) is 5.96. The molecular weight excluding hydrogens is 252 g/mol. The normalized spacial score (nSPS) is 16.5. The van der Waals surface area contributed by atoms with Crippen molar-refractivity contribution in [2.45, 2.75) is 51.6 Å². The number of aromatic carboxylic acids is 1. The molecule has 0 radical (unpaired) electrons. The molecule has 1 aromatic carbocycles. The van der Waals surface area contributed by atoms with Gasteiger partial charge in [-0.25, -0.2) is 4.79 Å². The maximum absolute atomic E-state index is 11.4. The Morgan fingerprint density at radius 2 is 2.05 bits per heavy atom. The number of carbonyl (C=O) groups is 1. The lowest BCUT2D eigenvalue weighted by Gasteiger charge is -2.34. The lowest BCUT2D eigenvalue weighted by atomic mass is 9.93. The minimum atomic E-state index is -0.933. The standard InChI is InChI=1S/C16H24N2O2/c1-2-18(13-8-4-3-5-9-13)11-12-7-6-10-14(17)15(12)16(19)20/h6-7,10,13H,2-5,8-9,11,17H2,1H3,(H,19,20). The van der Waals surface area contributed by atoms with Gasteiger partial charge in [-0.1, -0.05) is 38.3 Å². The molecule has 0 atom stereocenters. The zero-order valence-electron chi connectivity index (χ0n) is 12.1. The molecule has 0 amide bonds. The first-order valence-electron chi connectivity index (χ1n) is 7.48. The first-order chi connectivity index (χ1) is 9.63. The van der Waals surface area contributed by atoms with Gasteiger partial charge in [0.15, 0.2) is 0 Å². The zero-order valence-corrected chi connectivity index (χ0v) is 12.1. The number of benzene rings is 1. The lowest BCUT2D eigenvalue weighted by Crippen LogP contribution is -2.36. The van der Waals surface area contributed by atoms with Gasteiger partial charge in [0.1, 0.15) is 0 Å². The van der Waals surface area contributed by atoms with Crippen LogP contribution >= 0.6 is 0 Å². The van der Waals surface area contributed by atoms with Crippen LogP contribution in [0.3, 0.4) is 0 Å². The molecular formula is C16H24N2O2. The van der Waals surface area contributed by atoms with Crippen molar-refractivity contribution >= 4 is 11.7 Å². The summed E-state index contributed by atoms with van der Waals surface area (Å²) >= 11 is 0. The van der Waals surface area contributed by atoms with E-state index in [1.165, 1.54) is 32.1 Å². The minimum absolute atomic E-state index is 0.266. The summed E-state index contributed by atoms with van der Waals surface area (Å²) < 4.78 is 0. The molecule has 1 fully saturated rings. The molecule has 1 aliphatic rings. The van der Waals surface area contributed by atoms with E-state index in [2.05, 4.69) is 11.8 Å². The Kier molecular flexibility index (Phi) is 5.01. The molecule has 2 rings (SSSR count). The molecule has 0 bridgehead atoms. The van der Waals surface area contributed by atoms with Crippen LogP contribution in [-0.2, 0) is 6.54 Å². The second-order valence-electron chi connectivity index (χ2n) is 5.54. The quantitative estimate of drug-likeness (QED) is 0.811. The third-order valence-electron chi connectivity index (χ3n) is 4.27. The highest BCUT2D eigenvalue weighted by molar-refractivity contribution is 5.95. The fourth-order valence-corrected chi connectivity index (χ4v) is 3.18. The number of anilines is 1. The van der Waals surface area contributed by atoms with Crippen LogP contribution in [0.2, 0.25) is 0 Å². The van der Waals surface area contributed by atoms with Crippen LogP contribution < -0.4 is 5.73 Å². The average Bonchev–Trinajstić information content (AvgIpc) is 2.45. The molecule has 1 aromatic rings. The largest absolute Gasteiger partial charge is 0.478 e. The highest BCUT2D eigenvalue weighted by Gasteiger charge is 2.22. The van der Waals surface area contributed by atoms with E-state index in [4.69, 9.17) is 5.73 Å². The SMILES string of the molecule is CCN(Cc1cccc(N)c1C(=O)O)C1CCCCC1. The topological polar surface area (TPSA) is 66.6 Å². The number of carboxylic acids is 1. The van der Waals surface area contributed by atoms with Crippen molar-refractivity contribution in [2.24, 2.45) is 0 Å². The summed E-state index contributed by atoms with van der Waals surface area (Å²) in [5, 5.41) is 9.34. The number of rotatable bonds is 5. The van der Waals surface area contributed by atoms with E-state index in [0.717, 1.165) is 12.1 Å². The molecule has 110 valence electrons. The number of carboxylic acid groups (broad SMARTS) is 1. The number of hydrogen-bond acceptors (Lipinski definition) is 3. The Morgan fingerprint density at radius 1 is 1.35 bits per heavy atom. The van der Waals surface area contributed by atoms with Crippen LogP contribution in [0, 0.1) is 0 Å². The smallest absolute Gasteiger partial charge is 0.338 e. The molecule has 0 unspecified atom stereocenters. The molecule has 3 N–H and O–H groups in total. The molecule has 4 heteroatoms. The van der Waals surface area contributed by atoms with E-state index in [-0.39, 0.29) is 5.56 Å². The van der Waals surface area contributed by atoms with Gasteiger partial charge in [-0.05, 0) is 31.0 Å². The maximum atomic E-state index is 11.4. The summed E-state index contributed by atoms with van der Waals surface area (Å²) in [4.78, 5) is 13.8. The number of hydrogen-bond donors (Lipinski definition) is 2. The monoisotopic (exact) mass is 276 g/mol. The van der Waals surface area contributed by atoms with Crippen LogP contribution in [0.15, 0.2) is 18.2 Å². The van der Waals surface area contributed by atoms with Gasteiger partial charge in [0.2, 0.25) is 0 Å². The van der Waals surface area contributed by atoms with E-state index < -0.39 is 5.97 Å².